The second-order valence-corrected chi connectivity index (χ2v) is 7.76. The van der Waals surface area contributed by atoms with Crippen molar-refractivity contribution in [2.75, 3.05) is 5.32 Å². The van der Waals surface area contributed by atoms with Gasteiger partial charge in [0.15, 0.2) is 5.13 Å². The summed E-state index contributed by atoms with van der Waals surface area (Å²) in [4.78, 5) is 17.5. The third-order valence-electron chi connectivity index (χ3n) is 4.00. The number of aromatic nitrogens is 1. The Morgan fingerprint density at radius 3 is 2.88 bits per heavy atom. The fraction of sp³-hybridized carbons (Fsp3) is 0.375. The lowest BCUT2D eigenvalue weighted by Crippen LogP contribution is -2.23. The molecule has 0 aliphatic heterocycles. The van der Waals surface area contributed by atoms with Crippen molar-refractivity contribution in [3.05, 3.63) is 44.9 Å². The van der Waals surface area contributed by atoms with Gasteiger partial charge in [0.2, 0.25) is 5.91 Å². The summed E-state index contributed by atoms with van der Waals surface area (Å²) in [5.74, 6) is 0.0133. The Morgan fingerprint density at radius 1 is 1.38 bits per heavy atom. The van der Waals surface area contributed by atoms with Crippen molar-refractivity contribution in [2.45, 2.75) is 31.7 Å². The minimum atomic E-state index is -0.000255. The molecule has 8 heteroatoms. The Bertz CT molecular complexity index is 722. The van der Waals surface area contributed by atoms with Crippen molar-refractivity contribution in [3.63, 3.8) is 0 Å². The smallest absolute Gasteiger partial charge is 0.229 e. The molecular weight excluding hydrogens is 389 g/mol. The predicted octanol–water partition coefficient (Wildman–Crippen LogP) is 4.53. The summed E-state index contributed by atoms with van der Waals surface area (Å²) in [5.41, 5.74) is 6.80. The number of nitrogens with one attached hydrogen (secondary N) is 1. The number of hydrogen-bond donors (Lipinski definition) is 2. The van der Waals surface area contributed by atoms with E-state index in [-0.39, 0.29) is 30.3 Å². The van der Waals surface area contributed by atoms with Gasteiger partial charge in [0.25, 0.3) is 0 Å². The van der Waals surface area contributed by atoms with E-state index >= 15 is 0 Å². The summed E-state index contributed by atoms with van der Waals surface area (Å²) in [6.45, 7) is 0. The maximum atomic E-state index is 12.2. The molecule has 1 fully saturated rings. The fourth-order valence-corrected chi connectivity index (χ4v) is 3.99. The molecule has 2 aromatic rings. The Kier molecular flexibility index (Phi) is 6.89. The molecule has 0 saturated heterocycles. The van der Waals surface area contributed by atoms with Gasteiger partial charge in [-0.25, -0.2) is 4.98 Å². The number of thiazole rings is 1. The van der Waals surface area contributed by atoms with Gasteiger partial charge in [0.1, 0.15) is 0 Å². The van der Waals surface area contributed by atoms with Crippen molar-refractivity contribution >= 4 is 58.0 Å². The molecule has 2 atom stereocenters. The summed E-state index contributed by atoms with van der Waals surface area (Å²) in [6, 6.07) is 5.54. The molecule has 4 nitrogen and oxygen atoms in total. The SMILES string of the molecule is Cl.NC1CCC(C(=O)Nc2ncc(Cc3cc(Cl)ccc3Cl)s2)C1. The van der Waals surface area contributed by atoms with E-state index in [9.17, 15) is 4.79 Å². The second-order valence-electron chi connectivity index (χ2n) is 5.80. The average molecular weight is 407 g/mol. The molecule has 1 saturated carbocycles. The van der Waals surface area contributed by atoms with Crippen LogP contribution in [0.4, 0.5) is 5.13 Å². The maximum absolute atomic E-state index is 12.2. The zero-order chi connectivity index (χ0) is 16.4. The lowest BCUT2D eigenvalue weighted by Gasteiger charge is -2.08. The highest BCUT2D eigenvalue weighted by Gasteiger charge is 2.28. The van der Waals surface area contributed by atoms with E-state index in [0.717, 1.165) is 29.7 Å². The first-order valence-electron chi connectivity index (χ1n) is 7.46. The number of carbonyl (C=O) groups is 1. The van der Waals surface area contributed by atoms with Gasteiger partial charge in [-0.3, -0.25) is 4.79 Å². The Morgan fingerprint density at radius 2 is 2.17 bits per heavy atom. The van der Waals surface area contributed by atoms with Crippen molar-refractivity contribution in [2.24, 2.45) is 11.7 Å². The number of benzene rings is 1. The van der Waals surface area contributed by atoms with Crippen LogP contribution in [0.3, 0.4) is 0 Å². The van der Waals surface area contributed by atoms with Crippen LogP contribution < -0.4 is 11.1 Å². The van der Waals surface area contributed by atoms with Gasteiger partial charge in [-0.05, 0) is 43.0 Å². The van der Waals surface area contributed by atoms with Gasteiger partial charge < -0.3 is 11.1 Å². The Hall–Kier alpha value is -0.850. The number of carbonyl (C=O) groups excluding carboxylic acids is 1. The summed E-state index contributed by atoms with van der Waals surface area (Å²) in [5, 5.41) is 4.83. The molecule has 0 bridgehead atoms. The molecule has 1 aromatic carbocycles. The summed E-state index contributed by atoms with van der Waals surface area (Å²) < 4.78 is 0. The van der Waals surface area contributed by atoms with Crippen LogP contribution in [0.5, 0.6) is 0 Å². The standard InChI is InChI=1S/C16H17Cl2N3OS.ClH/c17-11-2-4-14(18)10(5-11)7-13-8-20-16(23-13)21-15(22)9-1-3-12(19)6-9;/h2,4-5,8-9,12H,1,3,6-7,19H2,(H,20,21,22);1H. The van der Waals surface area contributed by atoms with E-state index in [0.29, 0.717) is 21.6 Å². The molecule has 1 aliphatic rings. The van der Waals surface area contributed by atoms with Crippen LogP contribution in [0.1, 0.15) is 29.7 Å². The normalized spacial score (nSPS) is 19.8. The average Bonchev–Trinajstić information content (AvgIpc) is 3.12. The largest absolute Gasteiger partial charge is 0.328 e. The van der Waals surface area contributed by atoms with Crippen molar-refractivity contribution in [1.29, 1.82) is 0 Å². The molecule has 2 unspecified atom stereocenters. The fourth-order valence-electron chi connectivity index (χ4n) is 2.78. The van der Waals surface area contributed by atoms with Crippen molar-refractivity contribution in [3.8, 4) is 0 Å². The summed E-state index contributed by atoms with van der Waals surface area (Å²) in [6.07, 6.45) is 4.92. The van der Waals surface area contributed by atoms with Crippen molar-refractivity contribution in [1.82, 2.24) is 4.98 Å². The maximum Gasteiger partial charge on any atom is 0.229 e. The first kappa shape index (κ1) is 19.5. The van der Waals surface area contributed by atoms with Crippen LogP contribution in [-0.2, 0) is 11.2 Å². The number of halogens is 3. The minimum absolute atomic E-state index is 0. The molecule has 1 aliphatic carbocycles. The topological polar surface area (TPSA) is 68.0 Å². The number of amides is 1. The van der Waals surface area contributed by atoms with E-state index in [1.165, 1.54) is 11.3 Å². The number of hydrogen-bond acceptors (Lipinski definition) is 4. The van der Waals surface area contributed by atoms with E-state index in [1.54, 1.807) is 18.3 Å². The highest BCUT2D eigenvalue weighted by atomic mass is 35.5. The van der Waals surface area contributed by atoms with Crippen molar-refractivity contribution < 1.29 is 4.79 Å². The van der Waals surface area contributed by atoms with Crippen LogP contribution in [0.25, 0.3) is 0 Å². The van der Waals surface area contributed by atoms with Gasteiger partial charge in [-0.1, -0.05) is 23.2 Å². The predicted molar refractivity (Wildman–Crippen MR) is 103 cm³/mol. The molecule has 1 aromatic heterocycles. The third kappa shape index (κ3) is 4.83. The number of anilines is 1. The van der Waals surface area contributed by atoms with Crippen LogP contribution in [0.2, 0.25) is 10.0 Å². The van der Waals surface area contributed by atoms with Gasteiger partial charge in [0.05, 0.1) is 0 Å². The lowest BCUT2D eigenvalue weighted by atomic mass is 10.1. The first-order chi connectivity index (χ1) is 11.0. The number of nitrogens with zero attached hydrogens (tertiary/aromatic N) is 1. The molecule has 3 rings (SSSR count). The Balaban J connectivity index is 0.00000208. The van der Waals surface area contributed by atoms with E-state index < -0.39 is 0 Å². The van der Waals surface area contributed by atoms with Gasteiger partial charge in [-0.2, -0.15) is 0 Å². The van der Waals surface area contributed by atoms with Gasteiger partial charge in [-0.15, -0.1) is 23.7 Å². The summed E-state index contributed by atoms with van der Waals surface area (Å²) in [7, 11) is 0. The summed E-state index contributed by atoms with van der Waals surface area (Å²) >= 11 is 13.6. The zero-order valence-electron chi connectivity index (χ0n) is 12.8. The van der Waals surface area contributed by atoms with Crippen LogP contribution in [-0.4, -0.2) is 16.9 Å². The van der Waals surface area contributed by atoms with E-state index in [1.807, 2.05) is 6.07 Å². The van der Waals surface area contributed by atoms with Crippen LogP contribution in [0.15, 0.2) is 24.4 Å². The molecule has 0 spiro atoms. The minimum Gasteiger partial charge on any atom is -0.328 e. The van der Waals surface area contributed by atoms with Gasteiger partial charge in [0, 0.05) is 39.5 Å². The zero-order valence-corrected chi connectivity index (χ0v) is 15.9. The van der Waals surface area contributed by atoms with Crippen LogP contribution >= 0.6 is 46.9 Å². The highest BCUT2D eigenvalue weighted by molar-refractivity contribution is 7.15. The van der Waals surface area contributed by atoms with E-state index in [4.69, 9.17) is 28.9 Å². The van der Waals surface area contributed by atoms with E-state index in [2.05, 4.69) is 10.3 Å². The number of nitrogens with two attached hydrogens (primary N) is 1. The number of rotatable bonds is 4. The lowest BCUT2D eigenvalue weighted by molar-refractivity contribution is -0.119. The monoisotopic (exact) mass is 405 g/mol. The third-order valence-corrected chi connectivity index (χ3v) is 5.52. The first-order valence-corrected chi connectivity index (χ1v) is 9.03. The van der Waals surface area contributed by atoms with Gasteiger partial charge >= 0.3 is 0 Å². The molecule has 1 heterocycles. The molecule has 24 heavy (non-hydrogen) atoms. The molecular formula is C16H18Cl3N3OS. The molecule has 1 amide bonds. The Labute approximate surface area is 161 Å². The second kappa shape index (κ2) is 8.50. The molecule has 3 N–H and O–H groups in total. The molecule has 130 valence electrons. The quantitative estimate of drug-likeness (QED) is 0.784. The highest BCUT2D eigenvalue weighted by Crippen LogP contribution is 2.29. The van der Waals surface area contributed by atoms with Crippen LogP contribution in [0, 0.1) is 5.92 Å². The molecule has 0 radical (unpaired) electrons.